The van der Waals surface area contributed by atoms with Gasteiger partial charge in [-0.25, -0.2) is 0 Å². The van der Waals surface area contributed by atoms with E-state index in [0.717, 1.165) is 0 Å². The number of carbonyl (C=O) groups excluding carboxylic acids is 2. The van der Waals surface area contributed by atoms with Crippen molar-refractivity contribution in [1.82, 2.24) is 0 Å². The molecule has 0 atom stereocenters. The summed E-state index contributed by atoms with van der Waals surface area (Å²) in [6, 6.07) is 22.6. The molecule has 3 aromatic carbocycles. The Morgan fingerprint density at radius 1 is 0.815 bits per heavy atom. The number of halogens is 1. The largest absolute Gasteiger partial charge is 0.484 e. The molecule has 0 bridgehead atoms. The smallest absolute Gasteiger partial charge is 0.262 e. The lowest BCUT2D eigenvalue weighted by atomic mass is 10.2. The predicted molar refractivity (Wildman–Crippen MR) is 106 cm³/mol. The molecule has 2 amide bonds. The molecule has 136 valence electrons. The molecule has 0 unspecified atom stereocenters. The Hall–Kier alpha value is -3.31. The summed E-state index contributed by atoms with van der Waals surface area (Å²) < 4.78 is 5.40. The van der Waals surface area contributed by atoms with E-state index >= 15 is 0 Å². The van der Waals surface area contributed by atoms with Gasteiger partial charge in [0.25, 0.3) is 11.8 Å². The average Bonchev–Trinajstić information content (AvgIpc) is 2.69. The number of amides is 2. The molecule has 3 aromatic rings. The van der Waals surface area contributed by atoms with E-state index in [1.54, 1.807) is 60.7 Å². The van der Waals surface area contributed by atoms with Crippen LogP contribution in [0.5, 0.6) is 5.75 Å². The van der Waals surface area contributed by atoms with Crippen molar-refractivity contribution in [2.75, 3.05) is 17.2 Å². The lowest BCUT2D eigenvalue weighted by Crippen LogP contribution is -2.20. The van der Waals surface area contributed by atoms with E-state index in [0.29, 0.717) is 27.7 Å². The first-order chi connectivity index (χ1) is 13.1. The second-order valence-corrected chi connectivity index (χ2v) is 6.13. The summed E-state index contributed by atoms with van der Waals surface area (Å²) in [5.74, 6) is 0.104. The van der Waals surface area contributed by atoms with Crippen molar-refractivity contribution >= 4 is 34.8 Å². The number of carbonyl (C=O) groups is 2. The maximum Gasteiger partial charge on any atom is 0.262 e. The molecule has 0 fully saturated rings. The number of rotatable bonds is 6. The van der Waals surface area contributed by atoms with Crippen LogP contribution < -0.4 is 15.4 Å². The molecule has 0 saturated heterocycles. The van der Waals surface area contributed by atoms with Gasteiger partial charge >= 0.3 is 0 Å². The summed E-state index contributed by atoms with van der Waals surface area (Å²) in [6.45, 7) is -0.0860. The van der Waals surface area contributed by atoms with Crippen LogP contribution in [0.4, 0.5) is 11.4 Å². The fraction of sp³-hybridized carbons (Fsp3) is 0.0476. The Bertz CT molecular complexity index is 928. The van der Waals surface area contributed by atoms with Crippen LogP contribution in [-0.2, 0) is 4.79 Å². The first-order valence-electron chi connectivity index (χ1n) is 8.25. The van der Waals surface area contributed by atoms with Crippen LogP contribution in [0.25, 0.3) is 0 Å². The van der Waals surface area contributed by atoms with E-state index < -0.39 is 0 Å². The third-order valence-electron chi connectivity index (χ3n) is 3.63. The van der Waals surface area contributed by atoms with Gasteiger partial charge in [0.15, 0.2) is 6.61 Å². The number of para-hydroxylation sites is 1. The highest BCUT2D eigenvalue weighted by atomic mass is 35.5. The van der Waals surface area contributed by atoms with Crippen LogP contribution in [0.15, 0.2) is 78.9 Å². The highest BCUT2D eigenvalue weighted by Crippen LogP contribution is 2.16. The zero-order valence-corrected chi connectivity index (χ0v) is 15.1. The van der Waals surface area contributed by atoms with Crippen LogP contribution in [0.1, 0.15) is 10.4 Å². The van der Waals surface area contributed by atoms with Gasteiger partial charge in [0.05, 0.1) is 0 Å². The highest BCUT2D eigenvalue weighted by Gasteiger charge is 2.07. The van der Waals surface area contributed by atoms with E-state index in [1.807, 2.05) is 18.2 Å². The zero-order chi connectivity index (χ0) is 19.1. The van der Waals surface area contributed by atoms with Crippen molar-refractivity contribution in [2.24, 2.45) is 0 Å². The van der Waals surface area contributed by atoms with Gasteiger partial charge in [-0.15, -0.1) is 0 Å². The highest BCUT2D eigenvalue weighted by molar-refractivity contribution is 6.31. The van der Waals surface area contributed by atoms with E-state index in [4.69, 9.17) is 16.3 Å². The number of anilines is 2. The first-order valence-corrected chi connectivity index (χ1v) is 8.62. The molecular formula is C21H17ClN2O3. The lowest BCUT2D eigenvalue weighted by Gasteiger charge is -2.09. The topological polar surface area (TPSA) is 67.4 Å². The van der Waals surface area contributed by atoms with Gasteiger partial charge < -0.3 is 15.4 Å². The SMILES string of the molecule is O=C(COc1ccccc1)Nc1ccc(NC(=O)c2cccc(Cl)c2)cc1. The van der Waals surface area contributed by atoms with Gasteiger partial charge in [-0.05, 0) is 54.6 Å². The van der Waals surface area contributed by atoms with Gasteiger partial charge in [-0.3, -0.25) is 9.59 Å². The van der Waals surface area contributed by atoms with E-state index in [1.165, 1.54) is 0 Å². The summed E-state index contributed by atoms with van der Waals surface area (Å²) in [5.41, 5.74) is 1.69. The Morgan fingerprint density at radius 2 is 1.48 bits per heavy atom. The lowest BCUT2D eigenvalue weighted by molar-refractivity contribution is -0.118. The molecule has 3 rings (SSSR count). The number of ether oxygens (including phenoxy) is 1. The maximum absolute atomic E-state index is 12.2. The molecule has 0 heterocycles. The van der Waals surface area contributed by atoms with E-state index in [2.05, 4.69) is 10.6 Å². The van der Waals surface area contributed by atoms with Gasteiger partial charge in [-0.1, -0.05) is 35.9 Å². The normalized spacial score (nSPS) is 10.1. The molecule has 6 heteroatoms. The number of hydrogen-bond donors (Lipinski definition) is 2. The molecule has 0 aliphatic heterocycles. The van der Waals surface area contributed by atoms with Crippen LogP contribution in [0.2, 0.25) is 5.02 Å². The second kappa shape index (κ2) is 8.87. The van der Waals surface area contributed by atoms with Crippen LogP contribution >= 0.6 is 11.6 Å². The average molecular weight is 381 g/mol. The molecular weight excluding hydrogens is 364 g/mol. The van der Waals surface area contributed by atoms with Crippen molar-refractivity contribution in [3.8, 4) is 5.75 Å². The number of hydrogen-bond acceptors (Lipinski definition) is 3. The first kappa shape index (κ1) is 18.5. The molecule has 0 radical (unpaired) electrons. The molecule has 0 aliphatic rings. The molecule has 0 saturated carbocycles. The molecule has 0 aromatic heterocycles. The van der Waals surface area contributed by atoms with Crippen molar-refractivity contribution < 1.29 is 14.3 Å². The Kier molecular flexibility index (Phi) is 6.07. The standard InChI is InChI=1S/C21H17ClN2O3/c22-16-6-4-5-15(13-16)21(26)24-18-11-9-17(10-12-18)23-20(25)14-27-19-7-2-1-3-8-19/h1-13H,14H2,(H,23,25)(H,24,26). The van der Waals surface area contributed by atoms with Gasteiger partial charge in [0, 0.05) is 22.0 Å². The Balaban J connectivity index is 1.52. The number of benzene rings is 3. The number of nitrogens with one attached hydrogen (secondary N) is 2. The minimum absolute atomic E-state index is 0.0860. The third-order valence-corrected chi connectivity index (χ3v) is 3.86. The van der Waals surface area contributed by atoms with Crippen molar-refractivity contribution in [3.63, 3.8) is 0 Å². The summed E-state index contributed by atoms with van der Waals surface area (Å²) >= 11 is 5.90. The fourth-order valence-corrected chi connectivity index (χ4v) is 2.52. The molecule has 27 heavy (non-hydrogen) atoms. The summed E-state index contributed by atoms with van der Waals surface area (Å²) in [5, 5.41) is 6.01. The Labute approximate surface area is 161 Å². The molecule has 0 spiro atoms. The minimum atomic E-state index is -0.269. The Morgan fingerprint density at radius 3 is 2.15 bits per heavy atom. The van der Waals surface area contributed by atoms with Crippen LogP contribution in [0, 0.1) is 0 Å². The summed E-state index contributed by atoms with van der Waals surface area (Å²) in [7, 11) is 0. The monoisotopic (exact) mass is 380 g/mol. The van der Waals surface area contributed by atoms with Gasteiger partial charge in [-0.2, -0.15) is 0 Å². The van der Waals surface area contributed by atoms with E-state index in [9.17, 15) is 9.59 Å². The third kappa shape index (κ3) is 5.59. The van der Waals surface area contributed by atoms with Crippen molar-refractivity contribution in [3.05, 3.63) is 89.4 Å². The van der Waals surface area contributed by atoms with Gasteiger partial charge in [0.2, 0.25) is 0 Å². The fourth-order valence-electron chi connectivity index (χ4n) is 2.33. The molecule has 0 aliphatic carbocycles. The minimum Gasteiger partial charge on any atom is -0.484 e. The van der Waals surface area contributed by atoms with E-state index in [-0.39, 0.29) is 18.4 Å². The predicted octanol–water partition coefficient (Wildman–Crippen LogP) is 4.61. The van der Waals surface area contributed by atoms with Crippen molar-refractivity contribution in [2.45, 2.75) is 0 Å². The summed E-state index contributed by atoms with van der Waals surface area (Å²) in [4.78, 5) is 24.1. The maximum atomic E-state index is 12.2. The van der Waals surface area contributed by atoms with Crippen LogP contribution in [0.3, 0.4) is 0 Å². The molecule has 2 N–H and O–H groups in total. The quantitative estimate of drug-likeness (QED) is 0.656. The summed E-state index contributed by atoms with van der Waals surface area (Å²) in [6.07, 6.45) is 0. The van der Waals surface area contributed by atoms with Crippen LogP contribution in [-0.4, -0.2) is 18.4 Å². The van der Waals surface area contributed by atoms with Gasteiger partial charge in [0.1, 0.15) is 5.75 Å². The zero-order valence-electron chi connectivity index (χ0n) is 14.3. The molecule has 5 nitrogen and oxygen atoms in total. The second-order valence-electron chi connectivity index (χ2n) is 5.69. The van der Waals surface area contributed by atoms with Crippen molar-refractivity contribution in [1.29, 1.82) is 0 Å².